The first-order chi connectivity index (χ1) is 8.87. The van der Waals surface area contributed by atoms with Crippen molar-refractivity contribution in [2.24, 2.45) is 5.73 Å². The van der Waals surface area contributed by atoms with Crippen LogP contribution in [0.15, 0.2) is 18.2 Å². The molecule has 104 valence electrons. The van der Waals surface area contributed by atoms with E-state index in [-0.39, 0.29) is 23.1 Å². The monoisotopic (exact) mass is 283 g/mol. The number of carbonyl (C=O) groups excluding carboxylic acids is 1. The molecule has 1 aromatic carbocycles. The van der Waals surface area contributed by atoms with Crippen LogP contribution >= 0.6 is 0 Å². The number of hydrogen-bond acceptors (Lipinski definition) is 5. The molecular formula is C12H17N3O3S. The Morgan fingerprint density at radius 1 is 1.26 bits per heavy atom. The second-order valence-corrected chi connectivity index (χ2v) is 7.04. The molecule has 1 fully saturated rings. The van der Waals surface area contributed by atoms with Gasteiger partial charge in [0.25, 0.3) is 5.91 Å². The Balaban J connectivity index is 2.08. The molecule has 1 heterocycles. The molecule has 19 heavy (non-hydrogen) atoms. The van der Waals surface area contributed by atoms with Gasteiger partial charge in [-0.2, -0.15) is 0 Å². The van der Waals surface area contributed by atoms with Gasteiger partial charge in [0.15, 0.2) is 0 Å². The van der Waals surface area contributed by atoms with Gasteiger partial charge in [-0.25, -0.2) is 8.42 Å². The van der Waals surface area contributed by atoms with Crippen molar-refractivity contribution < 1.29 is 13.2 Å². The van der Waals surface area contributed by atoms with Crippen molar-refractivity contribution in [1.82, 2.24) is 0 Å². The van der Waals surface area contributed by atoms with Crippen molar-refractivity contribution in [1.29, 1.82) is 0 Å². The smallest absolute Gasteiger partial charge is 0.250 e. The predicted octanol–water partition coefficient (Wildman–Crippen LogP) is 0.357. The highest BCUT2D eigenvalue weighted by molar-refractivity contribution is 7.91. The first-order valence-corrected chi connectivity index (χ1v) is 7.86. The van der Waals surface area contributed by atoms with Gasteiger partial charge in [0, 0.05) is 17.4 Å². The maximum Gasteiger partial charge on any atom is 0.250 e. The number of primary amides is 1. The fourth-order valence-electron chi connectivity index (χ4n) is 2.13. The van der Waals surface area contributed by atoms with E-state index in [0.29, 0.717) is 18.5 Å². The fourth-order valence-corrected chi connectivity index (χ4v) is 3.62. The fraction of sp³-hybridized carbons (Fsp3) is 0.417. The van der Waals surface area contributed by atoms with Crippen molar-refractivity contribution in [3.8, 4) is 0 Å². The normalized spacial score (nSPS) is 18.9. The molecule has 1 aliphatic heterocycles. The van der Waals surface area contributed by atoms with Crippen LogP contribution in [0.2, 0.25) is 0 Å². The van der Waals surface area contributed by atoms with Crippen molar-refractivity contribution in [2.75, 3.05) is 22.6 Å². The van der Waals surface area contributed by atoms with Crippen molar-refractivity contribution in [3.05, 3.63) is 23.8 Å². The summed E-state index contributed by atoms with van der Waals surface area (Å²) in [5, 5.41) is 3.21. The van der Waals surface area contributed by atoms with Crippen LogP contribution < -0.4 is 16.8 Å². The van der Waals surface area contributed by atoms with Crippen LogP contribution in [-0.2, 0) is 9.84 Å². The zero-order valence-electron chi connectivity index (χ0n) is 10.4. The van der Waals surface area contributed by atoms with Crippen molar-refractivity contribution in [2.45, 2.75) is 18.9 Å². The minimum atomic E-state index is -2.87. The van der Waals surface area contributed by atoms with E-state index in [0.717, 1.165) is 5.69 Å². The number of carbonyl (C=O) groups is 1. The third-order valence-corrected chi connectivity index (χ3v) is 4.96. The number of anilines is 2. The number of nitrogens with two attached hydrogens (primary N) is 2. The lowest BCUT2D eigenvalue weighted by molar-refractivity contribution is 0.100. The van der Waals surface area contributed by atoms with E-state index in [9.17, 15) is 13.2 Å². The van der Waals surface area contributed by atoms with Gasteiger partial charge in [-0.3, -0.25) is 4.79 Å². The van der Waals surface area contributed by atoms with Crippen LogP contribution in [0.4, 0.5) is 11.4 Å². The molecule has 1 aromatic rings. The summed E-state index contributed by atoms with van der Waals surface area (Å²) < 4.78 is 22.7. The Kier molecular flexibility index (Phi) is 3.66. The molecule has 1 aliphatic rings. The number of nitrogens with one attached hydrogen (secondary N) is 1. The quantitative estimate of drug-likeness (QED) is 0.693. The zero-order chi connectivity index (χ0) is 14.0. The second-order valence-electron chi connectivity index (χ2n) is 4.74. The number of sulfone groups is 1. The molecule has 0 bridgehead atoms. The third-order valence-electron chi connectivity index (χ3n) is 3.24. The second kappa shape index (κ2) is 5.08. The molecule has 0 radical (unpaired) electrons. The van der Waals surface area contributed by atoms with E-state index in [1.165, 1.54) is 0 Å². The molecule has 7 heteroatoms. The molecule has 0 spiro atoms. The summed E-state index contributed by atoms with van der Waals surface area (Å²) >= 11 is 0. The summed E-state index contributed by atoms with van der Waals surface area (Å²) in [4.78, 5) is 11.2. The first kappa shape index (κ1) is 13.7. The molecule has 0 aliphatic carbocycles. The van der Waals surface area contributed by atoms with Gasteiger partial charge < -0.3 is 16.8 Å². The third kappa shape index (κ3) is 3.37. The van der Waals surface area contributed by atoms with Gasteiger partial charge in [0.05, 0.1) is 17.1 Å². The summed E-state index contributed by atoms with van der Waals surface area (Å²) in [6.07, 6.45) is 1.14. The van der Waals surface area contributed by atoms with Crippen LogP contribution in [0.1, 0.15) is 23.2 Å². The molecule has 1 amide bonds. The van der Waals surface area contributed by atoms with Crippen LogP contribution in [0.3, 0.4) is 0 Å². The summed E-state index contributed by atoms with van der Waals surface area (Å²) in [7, 11) is -2.87. The Bertz CT molecular complexity index is 584. The van der Waals surface area contributed by atoms with Crippen molar-refractivity contribution >= 4 is 27.1 Å². The van der Waals surface area contributed by atoms with E-state index in [1.54, 1.807) is 18.2 Å². The van der Waals surface area contributed by atoms with Crippen LogP contribution in [0.25, 0.3) is 0 Å². The topological polar surface area (TPSA) is 115 Å². The van der Waals surface area contributed by atoms with Crippen molar-refractivity contribution in [3.63, 3.8) is 0 Å². The van der Waals surface area contributed by atoms with Gasteiger partial charge in [-0.1, -0.05) is 0 Å². The van der Waals surface area contributed by atoms with E-state index in [4.69, 9.17) is 11.5 Å². The van der Waals surface area contributed by atoms with E-state index < -0.39 is 15.7 Å². The Morgan fingerprint density at radius 3 is 2.47 bits per heavy atom. The maximum atomic E-state index is 11.3. The zero-order valence-corrected chi connectivity index (χ0v) is 11.2. The molecule has 6 nitrogen and oxygen atoms in total. The van der Waals surface area contributed by atoms with Gasteiger partial charge >= 0.3 is 0 Å². The number of nitrogen functional groups attached to an aromatic ring is 1. The molecule has 0 unspecified atom stereocenters. The Labute approximate surface area is 112 Å². The standard InChI is InChI=1S/C12H17N3O3S/c13-11-2-1-9(7-10(11)12(14)16)15-8-3-5-19(17,18)6-4-8/h1-2,7-8,15H,3-6,13H2,(H2,14,16). The molecule has 2 rings (SSSR count). The van der Waals surface area contributed by atoms with Crippen LogP contribution in [0.5, 0.6) is 0 Å². The number of rotatable bonds is 3. The van der Waals surface area contributed by atoms with Crippen LogP contribution in [-0.4, -0.2) is 31.9 Å². The average Bonchev–Trinajstić information content (AvgIpc) is 2.34. The lowest BCUT2D eigenvalue weighted by Gasteiger charge is -2.24. The molecular weight excluding hydrogens is 266 g/mol. The van der Waals surface area contributed by atoms with E-state index in [1.807, 2.05) is 0 Å². The minimum absolute atomic E-state index is 0.0906. The van der Waals surface area contributed by atoms with E-state index in [2.05, 4.69) is 5.32 Å². The SMILES string of the molecule is NC(=O)c1cc(NC2CCS(=O)(=O)CC2)ccc1N. The molecule has 1 saturated heterocycles. The Hall–Kier alpha value is -1.76. The summed E-state index contributed by atoms with van der Waals surface area (Å²) in [6, 6.07) is 5.06. The molecule has 5 N–H and O–H groups in total. The van der Waals surface area contributed by atoms with Gasteiger partial charge in [-0.15, -0.1) is 0 Å². The number of hydrogen-bond donors (Lipinski definition) is 3. The highest BCUT2D eigenvalue weighted by Gasteiger charge is 2.23. The highest BCUT2D eigenvalue weighted by atomic mass is 32.2. The first-order valence-electron chi connectivity index (χ1n) is 6.04. The average molecular weight is 283 g/mol. The minimum Gasteiger partial charge on any atom is -0.398 e. The summed E-state index contributed by atoms with van der Waals surface area (Å²) in [6.45, 7) is 0. The number of benzene rings is 1. The predicted molar refractivity (Wildman–Crippen MR) is 74.7 cm³/mol. The van der Waals surface area contributed by atoms with Gasteiger partial charge in [0.1, 0.15) is 9.84 Å². The lowest BCUT2D eigenvalue weighted by atomic mass is 10.1. The highest BCUT2D eigenvalue weighted by Crippen LogP contribution is 2.21. The number of amides is 1. The van der Waals surface area contributed by atoms with Gasteiger partial charge in [-0.05, 0) is 31.0 Å². The van der Waals surface area contributed by atoms with E-state index >= 15 is 0 Å². The lowest BCUT2D eigenvalue weighted by Crippen LogP contribution is -2.32. The van der Waals surface area contributed by atoms with Gasteiger partial charge in [0.2, 0.25) is 0 Å². The molecule has 0 atom stereocenters. The summed E-state index contributed by atoms with van der Waals surface area (Å²) in [5.74, 6) is -0.183. The van der Waals surface area contributed by atoms with Crippen LogP contribution in [0, 0.1) is 0 Å². The molecule has 0 aromatic heterocycles. The maximum absolute atomic E-state index is 11.3. The Morgan fingerprint density at radius 2 is 1.89 bits per heavy atom. The summed E-state index contributed by atoms with van der Waals surface area (Å²) in [5.41, 5.74) is 12.2. The largest absolute Gasteiger partial charge is 0.398 e. The molecule has 0 saturated carbocycles.